The van der Waals surface area contributed by atoms with Crippen LogP contribution in [-0.2, 0) is 6.61 Å². The molecule has 3 aromatic rings. The molecule has 1 aromatic carbocycles. The van der Waals surface area contributed by atoms with E-state index in [1.807, 2.05) is 19.1 Å². The van der Waals surface area contributed by atoms with Crippen LogP contribution in [0.1, 0.15) is 11.4 Å². The van der Waals surface area contributed by atoms with Gasteiger partial charge in [-0.15, -0.1) is 15.3 Å². The first-order valence-corrected chi connectivity index (χ1v) is 6.68. The number of benzene rings is 1. The highest BCUT2D eigenvalue weighted by Crippen LogP contribution is 2.26. The smallest absolute Gasteiger partial charge is 0.236 e. The Morgan fingerprint density at radius 2 is 2.26 bits per heavy atom. The Bertz CT molecular complexity index is 738. The molecule has 0 bridgehead atoms. The number of halogens is 1. The molecule has 98 valence electrons. The zero-order chi connectivity index (χ0) is 13.4. The molecule has 0 aliphatic carbocycles. The number of hydrogen-bond donors (Lipinski definition) is 1. The monoisotopic (exact) mass is 295 g/mol. The van der Waals surface area contributed by atoms with Crippen LogP contribution >= 0.6 is 22.9 Å². The van der Waals surface area contributed by atoms with Crippen molar-refractivity contribution < 1.29 is 4.74 Å². The van der Waals surface area contributed by atoms with Crippen molar-refractivity contribution in [3.63, 3.8) is 0 Å². The van der Waals surface area contributed by atoms with Gasteiger partial charge in [0, 0.05) is 0 Å². The van der Waals surface area contributed by atoms with Crippen molar-refractivity contribution in [1.29, 1.82) is 0 Å². The second-order valence-electron chi connectivity index (χ2n) is 3.97. The zero-order valence-corrected chi connectivity index (χ0v) is 11.6. The number of aromatic nitrogens is 4. The van der Waals surface area contributed by atoms with Gasteiger partial charge in [0.05, 0.1) is 5.02 Å². The molecule has 8 heteroatoms. The van der Waals surface area contributed by atoms with Crippen LogP contribution < -0.4 is 10.5 Å². The molecule has 0 saturated heterocycles. The summed E-state index contributed by atoms with van der Waals surface area (Å²) in [6, 6.07) is 5.59. The van der Waals surface area contributed by atoms with Gasteiger partial charge in [-0.3, -0.25) is 0 Å². The third-order valence-corrected chi connectivity index (χ3v) is 3.55. The van der Waals surface area contributed by atoms with Crippen molar-refractivity contribution in [1.82, 2.24) is 19.8 Å². The summed E-state index contributed by atoms with van der Waals surface area (Å²) in [7, 11) is 0. The second kappa shape index (κ2) is 4.67. The van der Waals surface area contributed by atoms with Crippen molar-refractivity contribution in [2.45, 2.75) is 13.5 Å². The van der Waals surface area contributed by atoms with Gasteiger partial charge in [0.2, 0.25) is 10.1 Å². The average Bonchev–Trinajstić information content (AvgIpc) is 2.90. The van der Waals surface area contributed by atoms with Gasteiger partial charge in [-0.05, 0) is 24.6 Å². The third kappa shape index (κ3) is 2.34. The van der Waals surface area contributed by atoms with Crippen LogP contribution in [-0.4, -0.2) is 19.8 Å². The first kappa shape index (κ1) is 12.2. The van der Waals surface area contributed by atoms with Crippen molar-refractivity contribution in [2.75, 3.05) is 5.73 Å². The number of fused-ring (bicyclic) bond motifs is 1. The lowest BCUT2D eigenvalue weighted by atomic mass is 10.2. The molecule has 0 radical (unpaired) electrons. The maximum Gasteiger partial charge on any atom is 0.236 e. The van der Waals surface area contributed by atoms with Gasteiger partial charge >= 0.3 is 0 Å². The highest BCUT2D eigenvalue weighted by molar-refractivity contribution is 7.20. The SMILES string of the molecule is Cc1ccc(Cl)c(OCc2nnc3sc(N)nn23)c1. The summed E-state index contributed by atoms with van der Waals surface area (Å²) >= 11 is 7.33. The Hall–Kier alpha value is -1.86. The molecule has 0 atom stereocenters. The predicted molar refractivity (Wildman–Crippen MR) is 73.6 cm³/mol. The lowest BCUT2D eigenvalue weighted by Crippen LogP contribution is -2.03. The lowest BCUT2D eigenvalue weighted by Gasteiger charge is -2.07. The number of aryl methyl sites for hydroxylation is 1. The number of hydrogen-bond acceptors (Lipinski definition) is 6. The van der Waals surface area contributed by atoms with Gasteiger partial charge < -0.3 is 10.5 Å². The molecule has 0 spiro atoms. The van der Waals surface area contributed by atoms with E-state index < -0.39 is 0 Å². The van der Waals surface area contributed by atoms with E-state index in [1.165, 1.54) is 11.3 Å². The van der Waals surface area contributed by atoms with Crippen molar-refractivity contribution in [3.8, 4) is 5.75 Å². The molecule has 6 nitrogen and oxygen atoms in total. The van der Waals surface area contributed by atoms with E-state index in [0.717, 1.165) is 5.56 Å². The molecule has 0 aliphatic heterocycles. The molecule has 19 heavy (non-hydrogen) atoms. The minimum atomic E-state index is 0.230. The maximum atomic E-state index is 6.06. The topological polar surface area (TPSA) is 78.3 Å². The minimum absolute atomic E-state index is 0.230. The summed E-state index contributed by atoms with van der Waals surface area (Å²) in [5.74, 6) is 1.20. The van der Waals surface area contributed by atoms with Gasteiger partial charge in [0.1, 0.15) is 12.4 Å². The van der Waals surface area contributed by atoms with Crippen LogP contribution in [0.4, 0.5) is 5.13 Å². The summed E-state index contributed by atoms with van der Waals surface area (Å²) in [6.45, 7) is 2.20. The quantitative estimate of drug-likeness (QED) is 0.802. The largest absolute Gasteiger partial charge is 0.484 e. The summed E-state index contributed by atoms with van der Waals surface area (Å²) in [6.07, 6.45) is 0. The van der Waals surface area contributed by atoms with Crippen molar-refractivity contribution in [3.05, 3.63) is 34.6 Å². The number of rotatable bonds is 3. The second-order valence-corrected chi connectivity index (χ2v) is 5.37. The highest BCUT2D eigenvalue weighted by Gasteiger charge is 2.11. The van der Waals surface area contributed by atoms with Crippen LogP contribution in [0.2, 0.25) is 5.02 Å². The fourth-order valence-electron chi connectivity index (χ4n) is 1.63. The van der Waals surface area contributed by atoms with E-state index in [9.17, 15) is 0 Å². The third-order valence-electron chi connectivity index (χ3n) is 2.51. The van der Waals surface area contributed by atoms with Crippen molar-refractivity contribution >= 4 is 33.0 Å². The molecule has 2 aromatic heterocycles. The molecule has 0 unspecified atom stereocenters. The fraction of sp³-hybridized carbons (Fsp3) is 0.182. The van der Waals surface area contributed by atoms with Gasteiger partial charge in [0.25, 0.3) is 0 Å². The number of ether oxygens (including phenoxy) is 1. The number of nitrogen functional groups attached to an aromatic ring is 1. The Morgan fingerprint density at radius 3 is 3.11 bits per heavy atom. The van der Waals surface area contributed by atoms with Gasteiger partial charge in [-0.1, -0.05) is 29.0 Å². The standard InChI is InChI=1S/C11H10ClN5OS/c1-6-2-3-7(12)8(4-6)18-5-9-14-15-11-17(9)16-10(13)19-11/h2-4H,5H2,1H3,(H2,13,16). The van der Waals surface area contributed by atoms with Gasteiger partial charge in [-0.2, -0.15) is 4.52 Å². The van der Waals surface area contributed by atoms with E-state index >= 15 is 0 Å². The predicted octanol–water partition coefficient (Wildman–Crippen LogP) is 2.31. The zero-order valence-electron chi connectivity index (χ0n) is 10.00. The summed E-state index contributed by atoms with van der Waals surface area (Å²) in [5.41, 5.74) is 6.68. The molecule has 0 saturated carbocycles. The van der Waals surface area contributed by atoms with Crippen molar-refractivity contribution in [2.24, 2.45) is 0 Å². The molecule has 3 rings (SSSR count). The van der Waals surface area contributed by atoms with E-state index in [0.29, 0.717) is 26.7 Å². The number of nitrogens with two attached hydrogens (primary N) is 1. The van der Waals surface area contributed by atoms with E-state index in [1.54, 1.807) is 10.6 Å². The molecule has 2 heterocycles. The normalized spacial score (nSPS) is 11.1. The highest BCUT2D eigenvalue weighted by atomic mass is 35.5. The van der Waals surface area contributed by atoms with Crippen LogP contribution in [0.5, 0.6) is 5.75 Å². The maximum absolute atomic E-state index is 6.06. The Balaban J connectivity index is 1.83. The number of anilines is 1. The fourth-order valence-corrected chi connectivity index (χ4v) is 2.42. The van der Waals surface area contributed by atoms with Crippen LogP contribution in [0, 0.1) is 6.92 Å². The first-order valence-electron chi connectivity index (χ1n) is 5.49. The van der Waals surface area contributed by atoms with Crippen LogP contribution in [0.3, 0.4) is 0 Å². The molecule has 0 fully saturated rings. The Morgan fingerprint density at radius 1 is 1.42 bits per heavy atom. The summed E-state index contributed by atoms with van der Waals surface area (Å²) in [4.78, 5) is 0.645. The Kier molecular flexibility index (Phi) is 3.00. The average molecular weight is 296 g/mol. The van der Waals surface area contributed by atoms with E-state index in [4.69, 9.17) is 22.1 Å². The summed E-state index contributed by atoms with van der Waals surface area (Å²) in [5, 5.41) is 13.1. The van der Waals surface area contributed by atoms with Crippen LogP contribution in [0.15, 0.2) is 18.2 Å². The van der Waals surface area contributed by atoms with Gasteiger partial charge in [-0.25, -0.2) is 0 Å². The lowest BCUT2D eigenvalue weighted by molar-refractivity contribution is 0.293. The van der Waals surface area contributed by atoms with Gasteiger partial charge in [0.15, 0.2) is 5.82 Å². The first-order chi connectivity index (χ1) is 9.13. The Labute approximate surface area is 117 Å². The number of nitrogens with zero attached hydrogens (tertiary/aromatic N) is 4. The molecule has 0 aliphatic rings. The van der Waals surface area contributed by atoms with E-state index in [2.05, 4.69) is 15.3 Å². The molecular formula is C11H10ClN5OS. The molecular weight excluding hydrogens is 286 g/mol. The minimum Gasteiger partial charge on any atom is -0.484 e. The van der Waals surface area contributed by atoms with Crippen LogP contribution in [0.25, 0.3) is 4.96 Å². The molecule has 0 amide bonds. The van der Waals surface area contributed by atoms with E-state index in [-0.39, 0.29) is 6.61 Å². The molecule has 2 N–H and O–H groups in total. The summed E-state index contributed by atoms with van der Waals surface area (Å²) < 4.78 is 7.22.